The number of carboxylic acids is 1. The lowest BCUT2D eigenvalue weighted by Crippen LogP contribution is -2.47. The summed E-state index contributed by atoms with van der Waals surface area (Å²) in [5, 5.41) is 12.0. The van der Waals surface area contributed by atoms with Crippen LogP contribution in [-0.4, -0.2) is 44.7 Å². The molecule has 0 bridgehead atoms. The van der Waals surface area contributed by atoms with Gasteiger partial charge in [0.15, 0.2) is 0 Å². The number of carbonyl (C=O) groups is 1. The Hall–Kier alpha value is -2.33. The van der Waals surface area contributed by atoms with Crippen LogP contribution in [0, 0.1) is 0 Å². The van der Waals surface area contributed by atoms with Gasteiger partial charge in [0.05, 0.1) is 0 Å². The summed E-state index contributed by atoms with van der Waals surface area (Å²) in [6, 6.07) is 0. The van der Waals surface area contributed by atoms with E-state index >= 15 is 0 Å². The number of rotatable bonds is 4. The molecule has 1 aromatic rings. The molecule has 0 saturated carbocycles. The van der Waals surface area contributed by atoms with Crippen LogP contribution < -0.4 is 16.1 Å². The average molecular weight is 296 g/mol. The van der Waals surface area contributed by atoms with E-state index in [2.05, 4.69) is 5.10 Å². The SMILES string of the molecule is Cn1nc(N(CC(=O)O)CC(F)(F)F)c(=O)n(C)c1=O. The lowest BCUT2D eigenvalue weighted by atomic mass is 10.4. The van der Waals surface area contributed by atoms with Crippen molar-refractivity contribution >= 4 is 11.8 Å². The minimum Gasteiger partial charge on any atom is -0.480 e. The molecule has 0 atom stereocenters. The number of nitrogens with zero attached hydrogens (tertiary/aromatic N) is 4. The summed E-state index contributed by atoms with van der Waals surface area (Å²) >= 11 is 0. The van der Waals surface area contributed by atoms with E-state index in [9.17, 15) is 27.6 Å². The van der Waals surface area contributed by atoms with Crippen LogP contribution >= 0.6 is 0 Å². The van der Waals surface area contributed by atoms with E-state index in [0.29, 0.717) is 9.25 Å². The van der Waals surface area contributed by atoms with Crippen molar-refractivity contribution in [3.63, 3.8) is 0 Å². The Morgan fingerprint density at radius 1 is 1.35 bits per heavy atom. The maximum absolute atomic E-state index is 12.4. The van der Waals surface area contributed by atoms with E-state index in [-0.39, 0.29) is 4.90 Å². The zero-order valence-electron chi connectivity index (χ0n) is 10.5. The molecule has 1 rings (SSSR count). The molecule has 0 fully saturated rings. The molecule has 0 aliphatic carbocycles. The maximum Gasteiger partial charge on any atom is 0.405 e. The van der Waals surface area contributed by atoms with Crippen molar-refractivity contribution in [1.29, 1.82) is 0 Å². The number of halogens is 3. The van der Waals surface area contributed by atoms with Gasteiger partial charge in [-0.1, -0.05) is 0 Å². The average Bonchev–Trinajstić information content (AvgIpc) is 2.28. The van der Waals surface area contributed by atoms with Gasteiger partial charge in [-0.3, -0.25) is 14.2 Å². The van der Waals surface area contributed by atoms with Gasteiger partial charge in [0.2, 0.25) is 5.82 Å². The van der Waals surface area contributed by atoms with Gasteiger partial charge in [-0.2, -0.15) is 13.2 Å². The third-order valence-corrected chi connectivity index (χ3v) is 2.30. The number of aliphatic carboxylic acids is 1. The number of aryl methyl sites for hydroxylation is 1. The van der Waals surface area contributed by atoms with Crippen LogP contribution in [0.5, 0.6) is 0 Å². The van der Waals surface area contributed by atoms with Crippen molar-refractivity contribution in [2.45, 2.75) is 6.18 Å². The zero-order chi connectivity index (χ0) is 15.7. The van der Waals surface area contributed by atoms with Crippen molar-refractivity contribution < 1.29 is 23.1 Å². The standard InChI is InChI=1S/C9H11F3N4O4/c1-14-7(19)6(13-15(2)8(14)20)16(3-5(17)18)4-9(10,11)12/h3-4H2,1-2H3,(H,17,18). The summed E-state index contributed by atoms with van der Waals surface area (Å²) in [5.41, 5.74) is -1.93. The Labute approximate surface area is 109 Å². The van der Waals surface area contributed by atoms with Crippen molar-refractivity contribution in [3.05, 3.63) is 20.8 Å². The number of alkyl halides is 3. The lowest BCUT2D eigenvalue weighted by Gasteiger charge is -2.22. The summed E-state index contributed by atoms with van der Waals surface area (Å²) in [4.78, 5) is 34.0. The topological polar surface area (TPSA) is 97.4 Å². The lowest BCUT2D eigenvalue weighted by molar-refractivity contribution is -0.136. The van der Waals surface area contributed by atoms with Gasteiger partial charge in [-0.05, 0) is 0 Å². The highest BCUT2D eigenvalue weighted by atomic mass is 19.4. The molecule has 0 unspecified atom stereocenters. The highest BCUT2D eigenvalue weighted by Crippen LogP contribution is 2.18. The van der Waals surface area contributed by atoms with E-state index < -0.39 is 42.3 Å². The maximum atomic E-state index is 12.4. The summed E-state index contributed by atoms with van der Waals surface area (Å²) in [6.45, 7) is -2.74. The van der Waals surface area contributed by atoms with Crippen molar-refractivity contribution in [1.82, 2.24) is 14.3 Å². The Morgan fingerprint density at radius 2 is 1.90 bits per heavy atom. The van der Waals surface area contributed by atoms with Crippen LogP contribution in [0.2, 0.25) is 0 Å². The summed E-state index contributed by atoms with van der Waals surface area (Å²) in [6.07, 6.45) is -4.73. The fraction of sp³-hybridized carbons (Fsp3) is 0.556. The molecule has 8 nitrogen and oxygen atoms in total. The molecule has 112 valence electrons. The third-order valence-electron chi connectivity index (χ3n) is 2.30. The summed E-state index contributed by atoms with van der Waals surface area (Å²) in [7, 11) is 2.19. The highest BCUT2D eigenvalue weighted by Gasteiger charge is 2.33. The van der Waals surface area contributed by atoms with E-state index in [1.165, 1.54) is 0 Å². The second kappa shape index (κ2) is 5.35. The second-order valence-electron chi connectivity index (χ2n) is 3.96. The largest absolute Gasteiger partial charge is 0.480 e. The molecular formula is C9H11F3N4O4. The second-order valence-corrected chi connectivity index (χ2v) is 3.96. The van der Waals surface area contributed by atoms with E-state index in [0.717, 1.165) is 14.1 Å². The fourth-order valence-electron chi connectivity index (χ4n) is 1.47. The minimum atomic E-state index is -4.73. The van der Waals surface area contributed by atoms with Crippen molar-refractivity contribution in [3.8, 4) is 0 Å². The van der Waals surface area contributed by atoms with Crippen LogP contribution in [0.25, 0.3) is 0 Å². The van der Waals surface area contributed by atoms with Crippen LogP contribution in [-0.2, 0) is 18.9 Å². The normalized spacial score (nSPS) is 11.4. The van der Waals surface area contributed by atoms with Crippen LogP contribution in [0.15, 0.2) is 9.59 Å². The first-order valence-corrected chi connectivity index (χ1v) is 5.20. The molecule has 0 aliphatic heterocycles. The predicted molar refractivity (Wildman–Crippen MR) is 60.6 cm³/mol. The van der Waals surface area contributed by atoms with Gasteiger partial charge in [-0.25, -0.2) is 9.48 Å². The molecule has 11 heteroatoms. The summed E-state index contributed by atoms with van der Waals surface area (Å²) in [5.74, 6) is -2.32. The molecule has 0 amide bonds. The number of anilines is 1. The van der Waals surface area contributed by atoms with Gasteiger partial charge in [0.25, 0.3) is 5.56 Å². The third kappa shape index (κ3) is 3.59. The summed E-state index contributed by atoms with van der Waals surface area (Å²) < 4.78 is 38.4. The molecule has 20 heavy (non-hydrogen) atoms. The first kappa shape index (κ1) is 15.7. The molecule has 1 heterocycles. The Kier molecular flexibility index (Phi) is 4.20. The Bertz CT molecular complexity index is 634. The van der Waals surface area contributed by atoms with Crippen molar-refractivity contribution in [2.75, 3.05) is 18.0 Å². The number of hydrogen-bond acceptors (Lipinski definition) is 5. The fourth-order valence-corrected chi connectivity index (χ4v) is 1.47. The van der Waals surface area contributed by atoms with E-state index in [4.69, 9.17) is 5.11 Å². The van der Waals surface area contributed by atoms with Crippen molar-refractivity contribution in [2.24, 2.45) is 14.1 Å². The van der Waals surface area contributed by atoms with Gasteiger partial charge >= 0.3 is 17.8 Å². The van der Waals surface area contributed by atoms with Crippen LogP contribution in [0.3, 0.4) is 0 Å². The molecule has 0 aromatic carbocycles. The van der Waals surface area contributed by atoms with E-state index in [1.54, 1.807) is 0 Å². The number of carboxylic acid groups (broad SMARTS) is 1. The molecule has 0 radical (unpaired) electrons. The Balaban J connectivity index is 3.38. The van der Waals surface area contributed by atoms with E-state index in [1.807, 2.05) is 0 Å². The molecule has 1 N–H and O–H groups in total. The van der Waals surface area contributed by atoms with Gasteiger partial charge in [-0.15, -0.1) is 5.10 Å². The van der Waals surface area contributed by atoms with Gasteiger partial charge < -0.3 is 10.0 Å². The first-order chi connectivity index (χ1) is 9.03. The van der Waals surface area contributed by atoms with Gasteiger partial charge in [0.1, 0.15) is 13.1 Å². The molecule has 0 spiro atoms. The predicted octanol–water partition coefficient (Wildman–Crippen LogP) is -1.07. The monoisotopic (exact) mass is 296 g/mol. The smallest absolute Gasteiger partial charge is 0.405 e. The molecule has 0 aliphatic rings. The molecule has 0 saturated heterocycles. The van der Waals surface area contributed by atoms with Crippen LogP contribution in [0.4, 0.5) is 19.0 Å². The number of hydrogen-bond donors (Lipinski definition) is 1. The Morgan fingerprint density at radius 3 is 2.35 bits per heavy atom. The zero-order valence-corrected chi connectivity index (χ0v) is 10.5. The van der Waals surface area contributed by atoms with Crippen LogP contribution in [0.1, 0.15) is 0 Å². The van der Waals surface area contributed by atoms with Gasteiger partial charge in [0, 0.05) is 14.1 Å². The molecular weight excluding hydrogens is 285 g/mol. The first-order valence-electron chi connectivity index (χ1n) is 5.20. The highest BCUT2D eigenvalue weighted by molar-refractivity contribution is 5.73. The number of aromatic nitrogens is 3. The quantitative estimate of drug-likeness (QED) is 0.760. The molecule has 1 aromatic heterocycles. The minimum absolute atomic E-state index is 0.254.